The number of nitrogens with one attached hydrogen (secondary N) is 3. The van der Waals surface area contributed by atoms with E-state index >= 15 is 0 Å². The van der Waals surface area contributed by atoms with Gasteiger partial charge in [-0.05, 0) is 42.7 Å². The lowest BCUT2D eigenvalue weighted by Gasteiger charge is -2.19. The SMILES string of the molecule is COc1ccccc1-c1nc(NC(=O)C(CC(C)C)NC(=O)c2ccc(Cl)cc2Cl)n[nH]1. The van der Waals surface area contributed by atoms with Crippen molar-refractivity contribution in [3.8, 4) is 17.1 Å². The summed E-state index contributed by atoms with van der Waals surface area (Å²) in [6.07, 6.45) is 0.409. The van der Waals surface area contributed by atoms with Crippen molar-refractivity contribution in [2.75, 3.05) is 12.4 Å². The summed E-state index contributed by atoms with van der Waals surface area (Å²) in [4.78, 5) is 30.0. The Morgan fingerprint density at radius 2 is 1.91 bits per heavy atom. The maximum atomic E-state index is 12.9. The van der Waals surface area contributed by atoms with Gasteiger partial charge in [0.2, 0.25) is 11.9 Å². The molecule has 0 aliphatic carbocycles. The standard InChI is InChI=1S/C22H23Cl2N5O3/c1-12(2)10-17(25-20(30)14-9-8-13(23)11-16(14)24)21(31)27-22-26-19(28-29-22)15-6-4-5-7-18(15)32-3/h4-9,11-12,17H,10H2,1-3H3,(H,25,30)(H2,26,27,28,29,31). The number of aromatic nitrogens is 3. The summed E-state index contributed by atoms with van der Waals surface area (Å²) in [6, 6.07) is 11.0. The Labute approximate surface area is 195 Å². The fraction of sp³-hybridized carbons (Fsp3) is 0.273. The van der Waals surface area contributed by atoms with Crippen LogP contribution in [0.25, 0.3) is 11.4 Å². The van der Waals surface area contributed by atoms with Crippen LogP contribution in [0.2, 0.25) is 10.0 Å². The molecule has 2 aromatic carbocycles. The first kappa shape index (κ1) is 23.6. The lowest BCUT2D eigenvalue weighted by atomic mass is 10.0. The normalized spacial score (nSPS) is 11.8. The van der Waals surface area contributed by atoms with Crippen molar-refractivity contribution in [2.45, 2.75) is 26.3 Å². The highest BCUT2D eigenvalue weighted by atomic mass is 35.5. The highest BCUT2D eigenvalue weighted by molar-refractivity contribution is 6.36. The number of amides is 2. The van der Waals surface area contributed by atoms with Gasteiger partial charge in [0.05, 0.1) is 23.3 Å². The van der Waals surface area contributed by atoms with Crippen LogP contribution in [0.3, 0.4) is 0 Å². The molecule has 2 amide bonds. The van der Waals surface area contributed by atoms with E-state index in [1.54, 1.807) is 19.2 Å². The topological polar surface area (TPSA) is 109 Å². The summed E-state index contributed by atoms with van der Waals surface area (Å²) >= 11 is 12.0. The van der Waals surface area contributed by atoms with Crippen molar-refractivity contribution < 1.29 is 14.3 Å². The van der Waals surface area contributed by atoms with Crippen LogP contribution >= 0.6 is 23.2 Å². The molecule has 3 aromatic rings. The lowest BCUT2D eigenvalue weighted by Crippen LogP contribution is -2.44. The Morgan fingerprint density at radius 1 is 1.16 bits per heavy atom. The summed E-state index contributed by atoms with van der Waals surface area (Å²) in [6.45, 7) is 3.91. The number of hydrogen-bond acceptors (Lipinski definition) is 5. The fourth-order valence-corrected chi connectivity index (χ4v) is 3.58. The van der Waals surface area contributed by atoms with Crippen molar-refractivity contribution >= 4 is 41.0 Å². The Balaban J connectivity index is 1.75. The summed E-state index contributed by atoms with van der Waals surface area (Å²) in [5.74, 6) is 0.368. The average Bonchev–Trinajstić information content (AvgIpc) is 3.21. The van der Waals surface area contributed by atoms with Crippen LogP contribution in [0.15, 0.2) is 42.5 Å². The minimum Gasteiger partial charge on any atom is -0.496 e. The van der Waals surface area contributed by atoms with Crippen molar-refractivity contribution in [3.05, 3.63) is 58.1 Å². The number of benzene rings is 2. The van der Waals surface area contributed by atoms with Gasteiger partial charge in [-0.15, -0.1) is 5.10 Å². The van der Waals surface area contributed by atoms with Crippen molar-refractivity contribution in [1.29, 1.82) is 0 Å². The van der Waals surface area contributed by atoms with Gasteiger partial charge in [-0.25, -0.2) is 0 Å². The van der Waals surface area contributed by atoms with Crippen LogP contribution in [0.1, 0.15) is 30.6 Å². The van der Waals surface area contributed by atoms with Crippen LogP contribution in [0, 0.1) is 5.92 Å². The molecule has 8 nitrogen and oxygen atoms in total. The van der Waals surface area contributed by atoms with E-state index in [0.717, 1.165) is 0 Å². The molecule has 1 heterocycles. The third-order valence-electron chi connectivity index (χ3n) is 4.59. The molecule has 1 aromatic heterocycles. The molecule has 10 heteroatoms. The minimum absolute atomic E-state index is 0.0865. The number of methoxy groups -OCH3 is 1. The number of aromatic amines is 1. The minimum atomic E-state index is -0.817. The van der Waals surface area contributed by atoms with Gasteiger partial charge >= 0.3 is 0 Å². The molecule has 1 atom stereocenters. The van der Waals surface area contributed by atoms with Crippen LogP contribution < -0.4 is 15.4 Å². The Bertz CT molecular complexity index is 1120. The molecule has 0 fully saturated rings. The third kappa shape index (κ3) is 5.77. The largest absolute Gasteiger partial charge is 0.496 e. The molecular formula is C22H23Cl2N5O3. The zero-order valence-corrected chi connectivity index (χ0v) is 19.3. The number of anilines is 1. The predicted octanol–water partition coefficient (Wildman–Crippen LogP) is 4.57. The molecule has 3 rings (SSSR count). The average molecular weight is 476 g/mol. The van der Waals surface area contributed by atoms with Crippen LogP contribution in [0.4, 0.5) is 5.95 Å². The van der Waals surface area contributed by atoms with E-state index in [2.05, 4.69) is 25.8 Å². The van der Waals surface area contributed by atoms with Gasteiger partial charge in [0.25, 0.3) is 5.91 Å². The summed E-state index contributed by atoms with van der Waals surface area (Å²) in [7, 11) is 1.56. The van der Waals surface area contributed by atoms with E-state index in [1.165, 1.54) is 12.1 Å². The molecule has 0 aliphatic heterocycles. The molecule has 3 N–H and O–H groups in total. The number of para-hydroxylation sites is 1. The number of ether oxygens (including phenoxy) is 1. The van der Waals surface area contributed by atoms with E-state index in [-0.39, 0.29) is 22.5 Å². The summed E-state index contributed by atoms with van der Waals surface area (Å²) in [5.41, 5.74) is 0.932. The number of nitrogens with zero attached hydrogens (tertiary/aromatic N) is 2. The van der Waals surface area contributed by atoms with Crippen LogP contribution in [-0.4, -0.2) is 40.1 Å². The second-order valence-corrected chi connectivity index (χ2v) is 8.32. The van der Waals surface area contributed by atoms with Crippen molar-refractivity contribution in [1.82, 2.24) is 20.5 Å². The maximum absolute atomic E-state index is 12.9. The first-order valence-corrected chi connectivity index (χ1v) is 10.7. The monoisotopic (exact) mass is 475 g/mol. The van der Waals surface area contributed by atoms with E-state index in [9.17, 15) is 9.59 Å². The summed E-state index contributed by atoms with van der Waals surface area (Å²) < 4.78 is 5.33. The quantitative estimate of drug-likeness (QED) is 0.441. The van der Waals surface area contributed by atoms with Gasteiger partial charge in [0.15, 0.2) is 5.82 Å². The fourth-order valence-electron chi connectivity index (χ4n) is 3.09. The van der Waals surface area contributed by atoms with Gasteiger partial charge < -0.3 is 10.1 Å². The molecule has 32 heavy (non-hydrogen) atoms. The molecular weight excluding hydrogens is 453 g/mol. The van der Waals surface area contributed by atoms with E-state index < -0.39 is 17.9 Å². The molecule has 168 valence electrons. The van der Waals surface area contributed by atoms with Gasteiger partial charge in [0.1, 0.15) is 11.8 Å². The lowest BCUT2D eigenvalue weighted by molar-refractivity contribution is -0.118. The number of carbonyl (C=O) groups is 2. The molecule has 1 unspecified atom stereocenters. The number of H-pyrrole nitrogens is 1. The molecule has 0 bridgehead atoms. The molecule has 0 radical (unpaired) electrons. The second-order valence-electron chi connectivity index (χ2n) is 7.48. The second kappa shape index (κ2) is 10.5. The number of carbonyl (C=O) groups excluding carboxylic acids is 2. The van der Waals surface area contributed by atoms with E-state index in [0.29, 0.717) is 28.6 Å². The van der Waals surface area contributed by atoms with Gasteiger partial charge in [-0.2, -0.15) is 4.98 Å². The zero-order valence-electron chi connectivity index (χ0n) is 17.8. The number of halogens is 2. The number of hydrogen-bond donors (Lipinski definition) is 3. The zero-order chi connectivity index (χ0) is 23.3. The van der Waals surface area contributed by atoms with E-state index in [1.807, 2.05) is 32.0 Å². The first-order chi connectivity index (χ1) is 15.3. The smallest absolute Gasteiger partial charge is 0.253 e. The molecule has 0 saturated heterocycles. The highest BCUT2D eigenvalue weighted by Crippen LogP contribution is 2.27. The van der Waals surface area contributed by atoms with Gasteiger partial charge in [0, 0.05) is 5.02 Å². The van der Waals surface area contributed by atoms with Gasteiger partial charge in [-0.1, -0.05) is 49.2 Å². The first-order valence-electron chi connectivity index (χ1n) is 9.91. The van der Waals surface area contributed by atoms with Crippen LogP contribution in [-0.2, 0) is 4.79 Å². The van der Waals surface area contributed by atoms with Crippen LogP contribution in [0.5, 0.6) is 5.75 Å². The van der Waals surface area contributed by atoms with Crippen molar-refractivity contribution in [3.63, 3.8) is 0 Å². The molecule has 0 saturated carbocycles. The van der Waals surface area contributed by atoms with Crippen molar-refractivity contribution in [2.24, 2.45) is 5.92 Å². The Hall–Kier alpha value is -3.10. The Morgan fingerprint density at radius 3 is 2.59 bits per heavy atom. The summed E-state index contributed by atoms with van der Waals surface area (Å²) in [5, 5.41) is 12.9. The van der Waals surface area contributed by atoms with E-state index in [4.69, 9.17) is 27.9 Å². The molecule has 0 aliphatic rings. The predicted molar refractivity (Wildman–Crippen MR) is 124 cm³/mol. The number of rotatable bonds is 8. The highest BCUT2D eigenvalue weighted by Gasteiger charge is 2.25. The maximum Gasteiger partial charge on any atom is 0.253 e. The molecule has 0 spiro atoms. The van der Waals surface area contributed by atoms with Gasteiger partial charge in [-0.3, -0.25) is 20.0 Å². The Kier molecular flexibility index (Phi) is 7.71. The third-order valence-corrected chi connectivity index (χ3v) is 5.13.